The molecule has 1 aliphatic heterocycles. The standard InChI is InChI=1S/C29H25Br2N3O4/c30-21-8-11-25(36-16-18-6-10-26-27(12-18)38-17-37-26)20(13-21)15-32-34-28(19-4-2-1-3-5-19)33-24-9-7-22(31)14-23(24)29(34)35/h6-15,19H,1-5,16-17H2. The summed E-state index contributed by atoms with van der Waals surface area (Å²) in [4.78, 5) is 18.6. The maximum atomic E-state index is 13.6. The summed E-state index contributed by atoms with van der Waals surface area (Å²) in [5.74, 6) is 3.03. The molecule has 1 fully saturated rings. The minimum atomic E-state index is -0.175. The molecule has 7 nitrogen and oxygen atoms in total. The molecule has 0 N–H and O–H groups in total. The second-order valence-electron chi connectivity index (χ2n) is 9.49. The average Bonchev–Trinajstić information content (AvgIpc) is 3.41. The molecular formula is C29H25Br2N3O4. The van der Waals surface area contributed by atoms with E-state index >= 15 is 0 Å². The van der Waals surface area contributed by atoms with Crippen molar-refractivity contribution in [3.05, 3.63) is 90.8 Å². The maximum absolute atomic E-state index is 13.6. The van der Waals surface area contributed by atoms with Crippen LogP contribution in [-0.2, 0) is 6.61 Å². The zero-order valence-corrected chi connectivity index (χ0v) is 23.7. The summed E-state index contributed by atoms with van der Waals surface area (Å²) in [7, 11) is 0. The van der Waals surface area contributed by atoms with Gasteiger partial charge in [0, 0.05) is 20.4 Å². The smallest absolute Gasteiger partial charge is 0.282 e. The van der Waals surface area contributed by atoms with Gasteiger partial charge in [-0.2, -0.15) is 9.78 Å². The van der Waals surface area contributed by atoms with Crippen LogP contribution in [-0.4, -0.2) is 22.7 Å². The van der Waals surface area contributed by atoms with Gasteiger partial charge < -0.3 is 14.2 Å². The van der Waals surface area contributed by atoms with Gasteiger partial charge in [0.15, 0.2) is 11.5 Å². The molecule has 6 rings (SSSR count). The van der Waals surface area contributed by atoms with Crippen molar-refractivity contribution in [1.82, 2.24) is 9.66 Å². The number of halogens is 2. The minimum absolute atomic E-state index is 0.175. The molecule has 0 radical (unpaired) electrons. The van der Waals surface area contributed by atoms with Crippen molar-refractivity contribution in [2.45, 2.75) is 44.6 Å². The van der Waals surface area contributed by atoms with Crippen molar-refractivity contribution in [2.75, 3.05) is 6.79 Å². The molecule has 9 heteroatoms. The zero-order valence-electron chi connectivity index (χ0n) is 20.5. The van der Waals surface area contributed by atoms with Gasteiger partial charge in [0.2, 0.25) is 6.79 Å². The first-order valence-electron chi connectivity index (χ1n) is 12.6. The first kappa shape index (κ1) is 25.1. The van der Waals surface area contributed by atoms with Gasteiger partial charge in [0.1, 0.15) is 18.2 Å². The maximum Gasteiger partial charge on any atom is 0.282 e. The monoisotopic (exact) mass is 637 g/mol. The van der Waals surface area contributed by atoms with Crippen LogP contribution in [0.15, 0.2) is 73.4 Å². The SMILES string of the molecule is O=c1c2cc(Br)ccc2nc(C2CCCCC2)n1N=Cc1cc(Br)ccc1OCc1ccc2c(c1)OCO2. The average molecular weight is 639 g/mol. The number of benzene rings is 3. The fraction of sp³-hybridized carbons (Fsp3) is 0.276. The predicted molar refractivity (Wildman–Crippen MR) is 154 cm³/mol. The van der Waals surface area contributed by atoms with Crippen molar-refractivity contribution in [3.63, 3.8) is 0 Å². The summed E-state index contributed by atoms with van der Waals surface area (Å²) in [6.45, 7) is 0.577. The quantitative estimate of drug-likeness (QED) is 0.210. The van der Waals surface area contributed by atoms with E-state index in [4.69, 9.17) is 24.3 Å². The normalized spacial score (nSPS) is 15.4. The third-order valence-electron chi connectivity index (χ3n) is 6.92. The summed E-state index contributed by atoms with van der Waals surface area (Å²) >= 11 is 7.03. The molecule has 0 spiro atoms. The van der Waals surface area contributed by atoms with Crippen LogP contribution in [0.4, 0.5) is 0 Å². The van der Waals surface area contributed by atoms with Crippen LogP contribution in [0.5, 0.6) is 17.2 Å². The van der Waals surface area contributed by atoms with Gasteiger partial charge in [-0.15, -0.1) is 0 Å². The largest absolute Gasteiger partial charge is 0.488 e. The zero-order chi connectivity index (χ0) is 26.1. The van der Waals surface area contributed by atoms with E-state index in [1.54, 1.807) is 12.3 Å². The lowest BCUT2D eigenvalue weighted by atomic mass is 9.88. The van der Waals surface area contributed by atoms with Gasteiger partial charge in [-0.25, -0.2) is 4.98 Å². The fourth-order valence-electron chi connectivity index (χ4n) is 4.97. The second kappa shape index (κ2) is 10.9. The van der Waals surface area contributed by atoms with Crippen LogP contribution < -0.4 is 19.8 Å². The Balaban J connectivity index is 1.35. The van der Waals surface area contributed by atoms with Crippen LogP contribution in [0.1, 0.15) is 55.0 Å². The third-order valence-corrected chi connectivity index (χ3v) is 7.91. The lowest BCUT2D eigenvalue weighted by molar-refractivity contribution is 0.174. The summed E-state index contributed by atoms with van der Waals surface area (Å²) in [6.07, 6.45) is 7.17. The van der Waals surface area contributed by atoms with E-state index in [0.717, 1.165) is 57.3 Å². The molecule has 0 saturated heterocycles. The molecule has 0 bridgehead atoms. The van der Waals surface area contributed by atoms with Crippen molar-refractivity contribution in [2.24, 2.45) is 5.10 Å². The molecule has 3 aromatic carbocycles. The van der Waals surface area contributed by atoms with Gasteiger partial charge in [-0.1, -0.05) is 57.2 Å². The lowest BCUT2D eigenvalue weighted by Gasteiger charge is -2.22. The summed E-state index contributed by atoms with van der Waals surface area (Å²) < 4.78 is 20.2. The molecular weight excluding hydrogens is 614 g/mol. The molecule has 1 aliphatic carbocycles. The summed E-state index contributed by atoms with van der Waals surface area (Å²) in [5, 5.41) is 5.23. The second-order valence-corrected chi connectivity index (χ2v) is 11.3. The Labute approximate surface area is 236 Å². The Morgan fingerprint density at radius 1 is 0.974 bits per heavy atom. The van der Waals surface area contributed by atoms with E-state index < -0.39 is 0 Å². The molecule has 1 aromatic heterocycles. The Bertz CT molecular complexity index is 1600. The van der Waals surface area contributed by atoms with E-state index in [1.165, 1.54) is 11.1 Å². The first-order valence-corrected chi connectivity index (χ1v) is 14.2. The topological polar surface area (TPSA) is 74.9 Å². The Kier molecular flexibility index (Phi) is 7.21. The van der Waals surface area contributed by atoms with Gasteiger partial charge in [0.05, 0.1) is 17.1 Å². The molecule has 38 heavy (non-hydrogen) atoms. The number of ether oxygens (including phenoxy) is 3. The molecule has 2 heterocycles. The summed E-state index contributed by atoms with van der Waals surface area (Å²) in [5.41, 5.74) is 2.22. The van der Waals surface area contributed by atoms with E-state index in [9.17, 15) is 4.79 Å². The van der Waals surface area contributed by atoms with Crippen LogP contribution in [0, 0.1) is 0 Å². The highest BCUT2D eigenvalue weighted by Crippen LogP contribution is 2.34. The van der Waals surface area contributed by atoms with E-state index in [0.29, 0.717) is 29.0 Å². The molecule has 0 unspecified atom stereocenters. The summed E-state index contributed by atoms with van der Waals surface area (Å²) in [6, 6.07) is 17.1. The Hall–Kier alpha value is -3.17. The van der Waals surface area contributed by atoms with Gasteiger partial charge in [0.25, 0.3) is 5.56 Å². The molecule has 4 aromatic rings. The van der Waals surface area contributed by atoms with Crippen LogP contribution in [0.2, 0.25) is 0 Å². The van der Waals surface area contributed by atoms with Crippen LogP contribution in [0.25, 0.3) is 10.9 Å². The van der Waals surface area contributed by atoms with E-state index in [-0.39, 0.29) is 18.3 Å². The van der Waals surface area contributed by atoms with Crippen molar-refractivity contribution >= 4 is 49.0 Å². The number of rotatable bonds is 6. The van der Waals surface area contributed by atoms with Crippen LogP contribution in [0.3, 0.4) is 0 Å². The van der Waals surface area contributed by atoms with Crippen molar-refractivity contribution < 1.29 is 14.2 Å². The highest BCUT2D eigenvalue weighted by molar-refractivity contribution is 9.10. The van der Waals surface area contributed by atoms with Crippen LogP contribution >= 0.6 is 31.9 Å². The number of hydrogen-bond donors (Lipinski definition) is 0. The highest BCUT2D eigenvalue weighted by atomic mass is 79.9. The predicted octanol–water partition coefficient (Wildman–Crippen LogP) is 7.16. The molecule has 194 valence electrons. The van der Waals surface area contributed by atoms with Gasteiger partial charge in [-0.05, 0) is 66.9 Å². The number of nitrogens with zero attached hydrogens (tertiary/aromatic N) is 3. The lowest BCUT2D eigenvalue weighted by Crippen LogP contribution is -2.25. The third kappa shape index (κ3) is 5.22. The fourth-order valence-corrected chi connectivity index (χ4v) is 5.71. The number of aromatic nitrogens is 2. The Morgan fingerprint density at radius 2 is 1.76 bits per heavy atom. The number of fused-ring (bicyclic) bond motifs is 2. The molecule has 2 aliphatic rings. The van der Waals surface area contributed by atoms with Crippen molar-refractivity contribution in [3.8, 4) is 17.2 Å². The molecule has 1 saturated carbocycles. The minimum Gasteiger partial charge on any atom is -0.488 e. The highest BCUT2D eigenvalue weighted by Gasteiger charge is 2.22. The van der Waals surface area contributed by atoms with Crippen molar-refractivity contribution in [1.29, 1.82) is 0 Å². The van der Waals surface area contributed by atoms with E-state index in [1.807, 2.05) is 48.5 Å². The molecule has 0 atom stereocenters. The van der Waals surface area contributed by atoms with Gasteiger partial charge in [-0.3, -0.25) is 4.79 Å². The Morgan fingerprint density at radius 3 is 2.63 bits per heavy atom. The first-order chi connectivity index (χ1) is 18.5. The van der Waals surface area contributed by atoms with Gasteiger partial charge >= 0.3 is 0 Å². The molecule has 0 amide bonds. The number of hydrogen-bond acceptors (Lipinski definition) is 6. The van der Waals surface area contributed by atoms with E-state index in [2.05, 4.69) is 31.9 Å².